The van der Waals surface area contributed by atoms with Crippen molar-refractivity contribution in [3.63, 3.8) is 0 Å². The number of anilines is 1. The van der Waals surface area contributed by atoms with Gasteiger partial charge < -0.3 is 5.73 Å². The van der Waals surface area contributed by atoms with Gasteiger partial charge in [-0.15, -0.1) is 0 Å². The molecule has 2 N–H and O–H groups in total. The first-order valence-corrected chi connectivity index (χ1v) is 5.80. The van der Waals surface area contributed by atoms with Crippen LogP contribution in [0.15, 0.2) is 24.3 Å². The van der Waals surface area contributed by atoms with Gasteiger partial charge in [-0.1, -0.05) is 23.7 Å². The van der Waals surface area contributed by atoms with E-state index in [0.29, 0.717) is 10.6 Å². The van der Waals surface area contributed by atoms with Crippen molar-refractivity contribution in [1.29, 1.82) is 15.8 Å². The van der Waals surface area contributed by atoms with Gasteiger partial charge in [-0.2, -0.15) is 15.8 Å². The van der Waals surface area contributed by atoms with Gasteiger partial charge in [0.2, 0.25) is 0 Å². The second kappa shape index (κ2) is 5.28. The van der Waals surface area contributed by atoms with Gasteiger partial charge in [0.15, 0.2) is 0 Å². The van der Waals surface area contributed by atoms with Crippen molar-refractivity contribution < 1.29 is 0 Å². The second-order valence-electron chi connectivity index (χ2n) is 3.81. The summed E-state index contributed by atoms with van der Waals surface area (Å²) in [5.74, 6) is -0.0759. The van der Waals surface area contributed by atoms with E-state index < -0.39 is 0 Å². The number of aromatic nitrogens is 1. The molecule has 0 saturated heterocycles. The monoisotopic (exact) mass is 279 g/mol. The lowest BCUT2D eigenvalue weighted by atomic mass is 9.98. The quantitative estimate of drug-likeness (QED) is 0.862. The van der Waals surface area contributed by atoms with Gasteiger partial charge in [-0.25, -0.2) is 4.98 Å². The summed E-state index contributed by atoms with van der Waals surface area (Å²) >= 11 is 5.80. The summed E-state index contributed by atoms with van der Waals surface area (Å²) in [4.78, 5) is 4.06. The maximum absolute atomic E-state index is 9.24. The number of rotatable bonds is 1. The zero-order valence-corrected chi connectivity index (χ0v) is 10.8. The van der Waals surface area contributed by atoms with Crippen LogP contribution in [-0.4, -0.2) is 4.98 Å². The molecule has 20 heavy (non-hydrogen) atoms. The molecule has 0 saturated carbocycles. The summed E-state index contributed by atoms with van der Waals surface area (Å²) < 4.78 is 0. The molecule has 0 bridgehead atoms. The van der Waals surface area contributed by atoms with Crippen LogP contribution in [0.3, 0.4) is 0 Å². The summed E-state index contributed by atoms with van der Waals surface area (Å²) in [5.41, 5.74) is 6.42. The summed E-state index contributed by atoms with van der Waals surface area (Å²) in [5, 5.41) is 27.9. The Bertz CT molecular complexity index is 804. The van der Waals surface area contributed by atoms with Crippen LogP contribution in [-0.2, 0) is 0 Å². The Labute approximate surface area is 120 Å². The van der Waals surface area contributed by atoms with E-state index in [0.717, 1.165) is 0 Å². The molecule has 1 heterocycles. The van der Waals surface area contributed by atoms with Crippen LogP contribution in [0.5, 0.6) is 0 Å². The summed E-state index contributed by atoms with van der Waals surface area (Å²) in [6, 6.07) is 12.1. The third-order valence-corrected chi connectivity index (χ3v) is 2.93. The van der Waals surface area contributed by atoms with Crippen molar-refractivity contribution in [3.05, 3.63) is 46.0 Å². The fourth-order valence-corrected chi connectivity index (χ4v) is 1.88. The molecule has 0 atom stereocenters. The van der Waals surface area contributed by atoms with E-state index in [1.165, 1.54) is 0 Å². The van der Waals surface area contributed by atoms with Crippen LogP contribution in [0.1, 0.15) is 16.7 Å². The number of nitrogens with two attached hydrogens (primary N) is 1. The highest BCUT2D eigenvalue weighted by atomic mass is 35.5. The first-order chi connectivity index (χ1) is 9.62. The Morgan fingerprint density at radius 2 is 1.45 bits per heavy atom. The minimum Gasteiger partial charge on any atom is -0.383 e. The Hall–Kier alpha value is -3.07. The third kappa shape index (κ3) is 2.12. The first-order valence-electron chi connectivity index (χ1n) is 5.42. The molecule has 1 aromatic carbocycles. The predicted molar refractivity (Wildman–Crippen MR) is 73.2 cm³/mol. The Kier molecular flexibility index (Phi) is 3.53. The average molecular weight is 280 g/mol. The smallest absolute Gasteiger partial charge is 0.143 e. The predicted octanol–water partition coefficient (Wildman–Crippen LogP) is 2.60. The van der Waals surface area contributed by atoms with E-state index in [1.54, 1.807) is 30.3 Å². The summed E-state index contributed by atoms with van der Waals surface area (Å²) in [7, 11) is 0. The van der Waals surface area contributed by atoms with Gasteiger partial charge in [-0.3, -0.25) is 0 Å². The van der Waals surface area contributed by atoms with Crippen molar-refractivity contribution >= 4 is 17.4 Å². The zero-order chi connectivity index (χ0) is 14.7. The first kappa shape index (κ1) is 13.4. The van der Waals surface area contributed by atoms with Crippen molar-refractivity contribution in [1.82, 2.24) is 4.98 Å². The number of hydrogen-bond acceptors (Lipinski definition) is 5. The number of nitrogen functional groups attached to an aromatic ring is 1. The highest BCUT2D eigenvalue weighted by Gasteiger charge is 2.19. The highest BCUT2D eigenvalue weighted by Crippen LogP contribution is 2.29. The molecule has 1 aromatic heterocycles. The van der Waals surface area contributed by atoms with E-state index in [-0.39, 0.29) is 28.2 Å². The number of nitrogens with zero attached hydrogens (tertiary/aromatic N) is 4. The van der Waals surface area contributed by atoms with Crippen molar-refractivity contribution in [2.75, 3.05) is 5.73 Å². The van der Waals surface area contributed by atoms with Crippen LogP contribution >= 0.6 is 11.6 Å². The molecule has 0 fully saturated rings. The van der Waals surface area contributed by atoms with Crippen molar-refractivity contribution in [3.8, 4) is 29.5 Å². The maximum Gasteiger partial charge on any atom is 0.143 e. The lowest BCUT2D eigenvalue weighted by molar-refractivity contribution is 1.26. The highest BCUT2D eigenvalue weighted by molar-refractivity contribution is 6.30. The lowest BCUT2D eigenvalue weighted by Gasteiger charge is -2.08. The minimum atomic E-state index is -0.0817. The van der Waals surface area contributed by atoms with Crippen LogP contribution in [0.4, 0.5) is 5.82 Å². The number of pyridine rings is 1. The molecule has 0 aliphatic heterocycles. The Morgan fingerprint density at radius 3 is 1.95 bits per heavy atom. The average Bonchev–Trinajstić information content (AvgIpc) is 2.46. The van der Waals surface area contributed by atoms with Gasteiger partial charge in [0, 0.05) is 10.6 Å². The number of nitriles is 3. The van der Waals surface area contributed by atoms with Gasteiger partial charge in [0.05, 0.1) is 16.8 Å². The Balaban J connectivity index is 2.83. The van der Waals surface area contributed by atoms with Crippen molar-refractivity contribution in [2.24, 2.45) is 0 Å². The van der Waals surface area contributed by atoms with E-state index in [1.807, 2.05) is 12.1 Å². The van der Waals surface area contributed by atoms with Gasteiger partial charge in [0.25, 0.3) is 0 Å². The maximum atomic E-state index is 9.24. The van der Waals surface area contributed by atoms with Crippen LogP contribution in [0, 0.1) is 34.0 Å². The van der Waals surface area contributed by atoms with Crippen LogP contribution in [0.2, 0.25) is 5.02 Å². The molecular formula is C14H6ClN5. The fraction of sp³-hybridized carbons (Fsp3) is 0. The molecule has 2 rings (SSSR count). The minimum absolute atomic E-state index is 0.0283. The fourth-order valence-electron chi connectivity index (χ4n) is 1.75. The summed E-state index contributed by atoms with van der Waals surface area (Å²) in [6.45, 7) is 0. The number of benzene rings is 1. The largest absolute Gasteiger partial charge is 0.383 e. The number of hydrogen-bond donors (Lipinski definition) is 1. The van der Waals surface area contributed by atoms with Gasteiger partial charge >= 0.3 is 0 Å². The van der Waals surface area contributed by atoms with Gasteiger partial charge in [-0.05, 0) is 12.1 Å². The molecule has 5 nitrogen and oxygen atoms in total. The topological polar surface area (TPSA) is 110 Å². The molecular weight excluding hydrogens is 274 g/mol. The number of halogens is 1. The Morgan fingerprint density at radius 1 is 0.900 bits per heavy atom. The van der Waals surface area contributed by atoms with Crippen LogP contribution in [0.25, 0.3) is 11.3 Å². The molecule has 0 unspecified atom stereocenters. The van der Waals surface area contributed by atoms with Gasteiger partial charge in [0.1, 0.15) is 29.6 Å². The van der Waals surface area contributed by atoms with E-state index in [2.05, 4.69) is 4.98 Å². The zero-order valence-electron chi connectivity index (χ0n) is 10.1. The molecule has 0 aliphatic rings. The lowest BCUT2D eigenvalue weighted by Crippen LogP contribution is -2.04. The molecule has 0 amide bonds. The van der Waals surface area contributed by atoms with E-state index in [9.17, 15) is 5.26 Å². The molecule has 94 valence electrons. The molecule has 2 aromatic rings. The normalized spacial score (nSPS) is 9.30. The van der Waals surface area contributed by atoms with E-state index >= 15 is 0 Å². The second-order valence-corrected chi connectivity index (χ2v) is 4.25. The van der Waals surface area contributed by atoms with Crippen LogP contribution < -0.4 is 5.73 Å². The van der Waals surface area contributed by atoms with Crippen molar-refractivity contribution in [2.45, 2.75) is 0 Å². The third-order valence-electron chi connectivity index (χ3n) is 2.68. The summed E-state index contributed by atoms with van der Waals surface area (Å²) in [6.07, 6.45) is 0. The van der Waals surface area contributed by atoms with E-state index in [4.69, 9.17) is 27.9 Å². The molecule has 0 radical (unpaired) electrons. The molecule has 0 aliphatic carbocycles. The molecule has 6 heteroatoms. The molecule has 0 spiro atoms. The SMILES string of the molecule is N#Cc1c(N)nc(-c2ccc(Cl)cc2)c(C#N)c1C#N. The standard InChI is InChI=1S/C14H6ClN5/c15-9-3-1-8(2-4-9)13-11(6-17)10(5-16)12(7-18)14(19)20-13/h1-4H,(H2,19,20).